The molecule has 0 radical (unpaired) electrons. The lowest BCUT2D eigenvalue weighted by molar-refractivity contribution is 0.248. The van der Waals surface area contributed by atoms with Crippen LogP contribution in [0.3, 0.4) is 0 Å². The Bertz CT molecular complexity index is 438. The summed E-state index contributed by atoms with van der Waals surface area (Å²) in [6, 6.07) is 6.72. The molecule has 0 atom stereocenters. The Morgan fingerprint density at radius 3 is 2.42 bits per heavy atom. The third-order valence-electron chi connectivity index (χ3n) is 4.13. The van der Waals surface area contributed by atoms with Gasteiger partial charge in [-0.2, -0.15) is 0 Å². The second kappa shape index (κ2) is 6.15. The van der Waals surface area contributed by atoms with Crippen molar-refractivity contribution in [3.05, 3.63) is 28.2 Å². The monoisotopic (exact) mass is 386 g/mol. The zero-order valence-corrected chi connectivity index (χ0v) is 14.3. The fraction of sp³-hybridized carbons (Fsp3) is 0.600. The summed E-state index contributed by atoms with van der Waals surface area (Å²) in [5.41, 5.74) is 2.67. The van der Waals surface area contributed by atoms with Crippen LogP contribution in [0.2, 0.25) is 0 Å². The van der Waals surface area contributed by atoms with Gasteiger partial charge < -0.3 is 4.90 Å². The first kappa shape index (κ1) is 13.9. The first-order valence-electron chi connectivity index (χ1n) is 7.08. The number of piperazine rings is 1. The van der Waals surface area contributed by atoms with E-state index in [2.05, 4.69) is 59.9 Å². The minimum absolute atomic E-state index is 0.906. The minimum Gasteiger partial charge on any atom is -0.369 e. The van der Waals surface area contributed by atoms with Crippen LogP contribution in [-0.2, 0) is 5.33 Å². The Morgan fingerprint density at radius 1 is 1.11 bits per heavy atom. The van der Waals surface area contributed by atoms with Gasteiger partial charge in [-0.15, -0.1) is 0 Å². The van der Waals surface area contributed by atoms with Gasteiger partial charge in [-0.25, -0.2) is 0 Å². The van der Waals surface area contributed by atoms with Crippen LogP contribution < -0.4 is 4.90 Å². The number of halogens is 2. The van der Waals surface area contributed by atoms with Crippen LogP contribution in [0.5, 0.6) is 0 Å². The molecule has 0 unspecified atom stereocenters. The van der Waals surface area contributed by atoms with E-state index in [0.29, 0.717) is 0 Å². The second-order valence-corrected chi connectivity index (χ2v) is 7.06. The van der Waals surface area contributed by atoms with Gasteiger partial charge in [0, 0.05) is 48.2 Å². The van der Waals surface area contributed by atoms with Crippen molar-refractivity contribution in [1.29, 1.82) is 0 Å². The van der Waals surface area contributed by atoms with Crippen LogP contribution in [0, 0.1) is 5.92 Å². The topological polar surface area (TPSA) is 6.48 Å². The van der Waals surface area contributed by atoms with E-state index in [1.54, 1.807) is 0 Å². The summed E-state index contributed by atoms with van der Waals surface area (Å²) in [5, 5.41) is 0.906. The average Bonchev–Trinajstić information content (AvgIpc) is 3.23. The Kier molecular flexibility index (Phi) is 4.50. The summed E-state index contributed by atoms with van der Waals surface area (Å²) < 4.78 is 1.21. The Hall–Kier alpha value is -0.0600. The number of benzene rings is 1. The van der Waals surface area contributed by atoms with Crippen molar-refractivity contribution in [2.75, 3.05) is 37.6 Å². The average molecular weight is 388 g/mol. The molecule has 2 nitrogen and oxygen atoms in total. The molecule has 0 N–H and O–H groups in total. The van der Waals surface area contributed by atoms with Gasteiger partial charge in [0.2, 0.25) is 0 Å². The molecule has 104 valence electrons. The van der Waals surface area contributed by atoms with E-state index < -0.39 is 0 Å². The fourth-order valence-electron chi connectivity index (χ4n) is 2.70. The third-order valence-corrected chi connectivity index (χ3v) is 5.47. The molecule has 1 saturated carbocycles. The van der Waals surface area contributed by atoms with E-state index >= 15 is 0 Å². The summed E-state index contributed by atoms with van der Waals surface area (Å²) >= 11 is 7.17. The maximum Gasteiger partial charge on any atom is 0.0378 e. The molecule has 1 aromatic rings. The Morgan fingerprint density at radius 2 is 1.84 bits per heavy atom. The number of anilines is 1. The molecule has 0 bridgehead atoms. The first-order valence-corrected chi connectivity index (χ1v) is 8.99. The highest BCUT2D eigenvalue weighted by atomic mass is 79.9. The zero-order valence-electron chi connectivity index (χ0n) is 11.1. The van der Waals surface area contributed by atoms with Crippen molar-refractivity contribution in [3.63, 3.8) is 0 Å². The molecule has 0 aromatic heterocycles. The molecule has 0 spiro atoms. The number of nitrogens with zero attached hydrogens (tertiary/aromatic N) is 2. The van der Waals surface area contributed by atoms with Crippen molar-refractivity contribution < 1.29 is 0 Å². The minimum atomic E-state index is 0.906. The van der Waals surface area contributed by atoms with Gasteiger partial charge in [-0.3, -0.25) is 4.90 Å². The fourth-order valence-corrected chi connectivity index (χ4v) is 4.07. The molecule has 1 aromatic carbocycles. The van der Waals surface area contributed by atoms with Crippen molar-refractivity contribution in [2.45, 2.75) is 18.2 Å². The number of hydrogen-bond donors (Lipinski definition) is 0. The van der Waals surface area contributed by atoms with Crippen LogP contribution in [-0.4, -0.2) is 37.6 Å². The van der Waals surface area contributed by atoms with E-state index in [1.165, 1.54) is 48.2 Å². The van der Waals surface area contributed by atoms with Gasteiger partial charge in [0.25, 0.3) is 0 Å². The predicted octanol–water partition coefficient (Wildman–Crippen LogP) is 3.88. The lowest BCUT2D eigenvalue weighted by Gasteiger charge is -2.36. The molecule has 1 aliphatic heterocycles. The van der Waals surface area contributed by atoms with Crippen LogP contribution in [0.1, 0.15) is 18.4 Å². The van der Waals surface area contributed by atoms with Gasteiger partial charge in [-0.1, -0.05) is 37.9 Å². The van der Waals surface area contributed by atoms with E-state index in [4.69, 9.17) is 0 Å². The molecular weight excluding hydrogens is 368 g/mol. The van der Waals surface area contributed by atoms with Crippen LogP contribution in [0.4, 0.5) is 5.69 Å². The Labute approximate surface area is 132 Å². The van der Waals surface area contributed by atoms with Gasteiger partial charge in [-0.05, 0) is 36.5 Å². The van der Waals surface area contributed by atoms with Crippen molar-refractivity contribution in [2.24, 2.45) is 5.92 Å². The highest BCUT2D eigenvalue weighted by molar-refractivity contribution is 9.10. The van der Waals surface area contributed by atoms with Gasteiger partial charge in [0.1, 0.15) is 0 Å². The summed E-state index contributed by atoms with van der Waals surface area (Å²) in [5.74, 6) is 1.01. The quantitative estimate of drug-likeness (QED) is 0.723. The standard InChI is InChI=1S/C15H20Br2N2/c16-10-13-3-4-14(9-15(13)17)19-7-5-18(6-8-19)11-12-1-2-12/h3-4,9,12H,1-2,5-8,10-11H2. The van der Waals surface area contributed by atoms with Gasteiger partial charge >= 0.3 is 0 Å². The highest BCUT2D eigenvalue weighted by Crippen LogP contribution is 2.30. The number of hydrogen-bond acceptors (Lipinski definition) is 2. The van der Waals surface area contributed by atoms with E-state index in [0.717, 1.165) is 24.3 Å². The molecule has 19 heavy (non-hydrogen) atoms. The highest BCUT2D eigenvalue weighted by Gasteiger charge is 2.26. The SMILES string of the molecule is BrCc1ccc(N2CCN(CC3CC3)CC2)cc1Br. The molecule has 1 saturated heterocycles. The van der Waals surface area contributed by atoms with E-state index in [-0.39, 0.29) is 0 Å². The molecule has 4 heteroatoms. The molecular formula is C15H20Br2N2. The second-order valence-electron chi connectivity index (χ2n) is 5.64. The Balaban J connectivity index is 1.59. The molecule has 2 fully saturated rings. The predicted molar refractivity (Wildman–Crippen MR) is 88.2 cm³/mol. The van der Waals surface area contributed by atoms with Crippen molar-refractivity contribution in [1.82, 2.24) is 4.90 Å². The first-order chi connectivity index (χ1) is 9.26. The van der Waals surface area contributed by atoms with Crippen LogP contribution >= 0.6 is 31.9 Å². The van der Waals surface area contributed by atoms with Crippen molar-refractivity contribution >= 4 is 37.5 Å². The zero-order chi connectivity index (χ0) is 13.2. The smallest absolute Gasteiger partial charge is 0.0378 e. The van der Waals surface area contributed by atoms with Crippen molar-refractivity contribution in [3.8, 4) is 0 Å². The number of alkyl halides is 1. The largest absolute Gasteiger partial charge is 0.369 e. The molecule has 1 heterocycles. The summed E-state index contributed by atoms with van der Waals surface area (Å²) in [6.45, 7) is 6.09. The summed E-state index contributed by atoms with van der Waals surface area (Å²) in [4.78, 5) is 5.14. The van der Waals surface area contributed by atoms with Gasteiger partial charge in [0.05, 0.1) is 0 Å². The van der Waals surface area contributed by atoms with Crippen LogP contribution in [0.15, 0.2) is 22.7 Å². The number of rotatable bonds is 4. The molecule has 3 rings (SSSR count). The lowest BCUT2D eigenvalue weighted by atomic mass is 10.2. The molecule has 1 aliphatic carbocycles. The third kappa shape index (κ3) is 3.53. The van der Waals surface area contributed by atoms with E-state index in [9.17, 15) is 0 Å². The maximum atomic E-state index is 3.66. The maximum absolute atomic E-state index is 3.66. The molecule has 2 aliphatic rings. The van der Waals surface area contributed by atoms with Gasteiger partial charge in [0.15, 0.2) is 0 Å². The van der Waals surface area contributed by atoms with Crippen LogP contribution in [0.25, 0.3) is 0 Å². The normalized spacial score (nSPS) is 20.8. The lowest BCUT2D eigenvalue weighted by Crippen LogP contribution is -2.47. The molecule has 0 amide bonds. The van der Waals surface area contributed by atoms with E-state index in [1.807, 2.05) is 0 Å². The summed E-state index contributed by atoms with van der Waals surface area (Å²) in [7, 11) is 0. The summed E-state index contributed by atoms with van der Waals surface area (Å²) in [6.07, 6.45) is 2.92.